The molecule has 1 aliphatic rings. The number of benzene rings is 1. The van der Waals surface area contributed by atoms with Crippen molar-refractivity contribution >= 4 is 56.7 Å². The van der Waals surface area contributed by atoms with Crippen molar-refractivity contribution in [3.63, 3.8) is 0 Å². The van der Waals surface area contributed by atoms with Crippen LogP contribution in [0.1, 0.15) is 31.9 Å². The van der Waals surface area contributed by atoms with E-state index in [2.05, 4.69) is 74.1 Å². The van der Waals surface area contributed by atoms with E-state index in [0.717, 1.165) is 35.1 Å². The average Bonchev–Trinajstić information content (AvgIpc) is 2.40. The van der Waals surface area contributed by atoms with Crippen molar-refractivity contribution in [2.75, 3.05) is 26.2 Å². The second-order valence-corrected chi connectivity index (χ2v) is 7.31. The van der Waals surface area contributed by atoms with E-state index >= 15 is 0 Å². The standard InChI is InChI=1S/C15H22Br2N2.2ClH/c1-11(2)9-15(19-7-5-18-6-8-19)12-3-4-13(16)14(17)10-12;;/h3-4,10-11,15,18H,5-9H2,1-2H3;2*1H/t15-;;/m1../s1. The summed E-state index contributed by atoms with van der Waals surface area (Å²) in [6.07, 6.45) is 1.22. The van der Waals surface area contributed by atoms with Crippen molar-refractivity contribution < 1.29 is 0 Å². The summed E-state index contributed by atoms with van der Waals surface area (Å²) in [6, 6.07) is 7.20. The molecule has 1 atom stereocenters. The third-order valence-electron chi connectivity index (χ3n) is 3.62. The number of nitrogens with one attached hydrogen (secondary N) is 1. The van der Waals surface area contributed by atoms with E-state index in [1.54, 1.807) is 0 Å². The van der Waals surface area contributed by atoms with E-state index in [1.807, 2.05) is 0 Å². The number of hydrogen-bond donors (Lipinski definition) is 1. The third-order valence-corrected chi connectivity index (χ3v) is 5.50. The molecule has 0 bridgehead atoms. The number of halogens is 4. The maximum absolute atomic E-state index is 3.63. The Morgan fingerprint density at radius 1 is 1.10 bits per heavy atom. The zero-order valence-corrected chi connectivity index (χ0v) is 17.2. The molecule has 6 heteroatoms. The first-order chi connectivity index (χ1) is 9.08. The molecular weight excluding hydrogens is 439 g/mol. The monoisotopic (exact) mass is 460 g/mol. The van der Waals surface area contributed by atoms with Gasteiger partial charge in [0, 0.05) is 41.2 Å². The number of piperazine rings is 1. The fourth-order valence-corrected chi connectivity index (χ4v) is 3.30. The third kappa shape index (κ3) is 6.36. The van der Waals surface area contributed by atoms with Crippen molar-refractivity contribution in [3.05, 3.63) is 32.7 Å². The molecule has 21 heavy (non-hydrogen) atoms. The minimum Gasteiger partial charge on any atom is -0.314 e. The van der Waals surface area contributed by atoms with Gasteiger partial charge in [-0.2, -0.15) is 0 Å². The first kappa shape index (κ1) is 21.7. The molecule has 0 spiro atoms. The number of nitrogens with zero attached hydrogens (tertiary/aromatic N) is 1. The molecule has 0 radical (unpaired) electrons. The lowest BCUT2D eigenvalue weighted by Gasteiger charge is -2.36. The SMILES string of the molecule is CC(C)C[C@H](c1ccc(Br)c(Br)c1)N1CCNCC1.Cl.Cl. The van der Waals surface area contributed by atoms with Gasteiger partial charge in [-0.1, -0.05) is 19.9 Å². The maximum atomic E-state index is 3.63. The average molecular weight is 463 g/mol. The van der Waals surface area contributed by atoms with Crippen LogP contribution >= 0.6 is 56.7 Å². The molecule has 1 aliphatic heterocycles. The zero-order chi connectivity index (χ0) is 13.8. The van der Waals surface area contributed by atoms with Gasteiger partial charge in [-0.05, 0) is 61.9 Å². The summed E-state index contributed by atoms with van der Waals surface area (Å²) in [5.74, 6) is 0.710. The molecule has 122 valence electrons. The van der Waals surface area contributed by atoms with Gasteiger partial charge < -0.3 is 5.32 Å². The van der Waals surface area contributed by atoms with Gasteiger partial charge in [0.25, 0.3) is 0 Å². The predicted molar refractivity (Wildman–Crippen MR) is 103 cm³/mol. The molecule has 1 aromatic rings. The molecule has 1 aromatic carbocycles. The summed E-state index contributed by atoms with van der Waals surface area (Å²) >= 11 is 7.18. The summed E-state index contributed by atoms with van der Waals surface area (Å²) in [7, 11) is 0. The molecule has 0 unspecified atom stereocenters. The van der Waals surface area contributed by atoms with Gasteiger partial charge in [0.1, 0.15) is 0 Å². The van der Waals surface area contributed by atoms with E-state index in [0.29, 0.717) is 12.0 Å². The molecule has 1 saturated heterocycles. The van der Waals surface area contributed by atoms with E-state index in [9.17, 15) is 0 Å². The lowest BCUT2D eigenvalue weighted by molar-refractivity contribution is 0.154. The van der Waals surface area contributed by atoms with Gasteiger partial charge in [-0.25, -0.2) is 0 Å². The molecule has 0 aromatic heterocycles. The predicted octanol–water partition coefficient (Wildman–Crippen LogP) is 5.05. The summed E-state index contributed by atoms with van der Waals surface area (Å²) in [5.41, 5.74) is 1.42. The Labute approximate surface area is 157 Å². The molecule has 0 saturated carbocycles. The van der Waals surface area contributed by atoms with Crippen LogP contribution in [0.25, 0.3) is 0 Å². The highest BCUT2D eigenvalue weighted by Gasteiger charge is 2.23. The van der Waals surface area contributed by atoms with Crippen molar-refractivity contribution in [1.29, 1.82) is 0 Å². The molecule has 1 fully saturated rings. The normalized spacial score (nSPS) is 17.0. The fourth-order valence-electron chi connectivity index (χ4n) is 2.66. The van der Waals surface area contributed by atoms with E-state index in [-0.39, 0.29) is 24.8 Å². The lowest BCUT2D eigenvalue weighted by Crippen LogP contribution is -2.45. The van der Waals surface area contributed by atoms with Crippen molar-refractivity contribution in [3.8, 4) is 0 Å². The number of rotatable bonds is 4. The Balaban J connectivity index is 0.00000200. The Bertz CT molecular complexity index is 424. The highest BCUT2D eigenvalue weighted by atomic mass is 79.9. The van der Waals surface area contributed by atoms with E-state index in [1.165, 1.54) is 12.0 Å². The zero-order valence-electron chi connectivity index (χ0n) is 12.4. The van der Waals surface area contributed by atoms with Crippen molar-refractivity contribution in [2.45, 2.75) is 26.3 Å². The minimum atomic E-state index is 0. The van der Waals surface area contributed by atoms with Gasteiger partial charge in [0.15, 0.2) is 0 Å². The van der Waals surface area contributed by atoms with E-state index < -0.39 is 0 Å². The second-order valence-electron chi connectivity index (χ2n) is 5.60. The molecule has 0 aliphatic carbocycles. The van der Waals surface area contributed by atoms with Gasteiger partial charge in [0.05, 0.1) is 0 Å². The fraction of sp³-hybridized carbons (Fsp3) is 0.600. The Kier molecular flexibility index (Phi) is 10.8. The van der Waals surface area contributed by atoms with Crippen molar-refractivity contribution in [1.82, 2.24) is 10.2 Å². The molecule has 2 rings (SSSR count). The van der Waals surface area contributed by atoms with Gasteiger partial charge in [0.2, 0.25) is 0 Å². The highest BCUT2D eigenvalue weighted by Crippen LogP contribution is 2.32. The first-order valence-corrected chi connectivity index (χ1v) is 8.56. The lowest BCUT2D eigenvalue weighted by atomic mass is 9.95. The van der Waals surface area contributed by atoms with Gasteiger partial charge >= 0.3 is 0 Å². The minimum absolute atomic E-state index is 0. The van der Waals surface area contributed by atoms with Crippen LogP contribution in [0.3, 0.4) is 0 Å². The van der Waals surface area contributed by atoms with E-state index in [4.69, 9.17) is 0 Å². The molecule has 0 amide bonds. The molecular formula is C15H24Br2Cl2N2. The highest BCUT2D eigenvalue weighted by molar-refractivity contribution is 9.13. The summed E-state index contributed by atoms with van der Waals surface area (Å²) in [5, 5.41) is 3.44. The van der Waals surface area contributed by atoms with Crippen LogP contribution in [0.5, 0.6) is 0 Å². The maximum Gasteiger partial charge on any atom is 0.0352 e. The molecule has 2 nitrogen and oxygen atoms in total. The van der Waals surface area contributed by atoms with Crippen LogP contribution < -0.4 is 5.32 Å². The molecule has 1 heterocycles. The van der Waals surface area contributed by atoms with Gasteiger partial charge in [-0.15, -0.1) is 24.8 Å². The van der Waals surface area contributed by atoms with Crippen LogP contribution in [0.2, 0.25) is 0 Å². The van der Waals surface area contributed by atoms with Crippen LogP contribution in [0.15, 0.2) is 27.1 Å². The van der Waals surface area contributed by atoms with Gasteiger partial charge in [-0.3, -0.25) is 4.90 Å². The Morgan fingerprint density at radius 3 is 2.24 bits per heavy atom. The Hall–Kier alpha value is 0.680. The van der Waals surface area contributed by atoms with Crippen LogP contribution in [0.4, 0.5) is 0 Å². The largest absolute Gasteiger partial charge is 0.314 e. The second kappa shape index (κ2) is 10.5. The topological polar surface area (TPSA) is 15.3 Å². The molecule has 1 N–H and O–H groups in total. The Morgan fingerprint density at radius 2 is 1.71 bits per heavy atom. The summed E-state index contributed by atoms with van der Waals surface area (Å²) in [6.45, 7) is 9.11. The van der Waals surface area contributed by atoms with Crippen LogP contribution in [0, 0.1) is 5.92 Å². The van der Waals surface area contributed by atoms with Crippen LogP contribution in [-0.4, -0.2) is 31.1 Å². The quantitative estimate of drug-likeness (QED) is 0.673. The van der Waals surface area contributed by atoms with Crippen LogP contribution in [-0.2, 0) is 0 Å². The smallest absolute Gasteiger partial charge is 0.0352 e. The summed E-state index contributed by atoms with van der Waals surface area (Å²) in [4.78, 5) is 2.62. The summed E-state index contributed by atoms with van der Waals surface area (Å²) < 4.78 is 2.27. The number of hydrogen-bond acceptors (Lipinski definition) is 2. The first-order valence-electron chi connectivity index (χ1n) is 6.97. The van der Waals surface area contributed by atoms with Crippen molar-refractivity contribution in [2.24, 2.45) is 5.92 Å².